The lowest BCUT2D eigenvalue weighted by molar-refractivity contribution is -0.131. The van der Waals surface area contributed by atoms with E-state index in [0.29, 0.717) is 18.1 Å². The summed E-state index contributed by atoms with van der Waals surface area (Å²) in [4.78, 5) is 14.6. The first-order valence-corrected chi connectivity index (χ1v) is 5.78. The molecule has 0 fully saturated rings. The van der Waals surface area contributed by atoms with Crippen molar-refractivity contribution in [2.24, 2.45) is 0 Å². The van der Waals surface area contributed by atoms with Gasteiger partial charge in [-0.05, 0) is 23.8 Å². The summed E-state index contributed by atoms with van der Waals surface area (Å²) >= 11 is 0. The summed E-state index contributed by atoms with van der Waals surface area (Å²) in [6, 6.07) is 13.2. The average molecular weight is 255 g/mol. The third kappa shape index (κ3) is 3.96. The molecule has 0 aliphatic carbocycles. The predicted molar refractivity (Wildman–Crippen MR) is 71.7 cm³/mol. The van der Waals surface area contributed by atoms with Gasteiger partial charge in [0.15, 0.2) is 0 Å². The van der Waals surface area contributed by atoms with Gasteiger partial charge >= 0.3 is 5.97 Å². The second kappa shape index (κ2) is 6.35. The predicted octanol–water partition coefficient (Wildman–Crippen LogP) is 2.76. The Morgan fingerprint density at radius 2 is 2.00 bits per heavy atom. The smallest absolute Gasteiger partial charge is 0.328 e. The van der Waals surface area contributed by atoms with Crippen LogP contribution in [0.4, 0.5) is 0 Å². The first-order chi connectivity index (χ1) is 9.25. The van der Waals surface area contributed by atoms with Crippen LogP contribution in [0.1, 0.15) is 11.3 Å². The highest BCUT2D eigenvalue weighted by Crippen LogP contribution is 2.18. The van der Waals surface area contributed by atoms with E-state index in [-0.39, 0.29) is 0 Å². The van der Waals surface area contributed by atoms with E-state index < -0.39 is 5.97 Å². The fraction of sp³-hybridized carbons (Fsp3) is 0.0667. The summed E-state index contributed by atoms with van der Waals surface area (Å²) in [6.07, 6.45) is 4.05. The van der Waals surface area contributed by atoms with Gasteiger partial charge in [0.2, 0.25) is 0 Å². The number of aromatic nitrogens is 1. The number of aliphatic carboxylic acids is 1. The van der Waals surface area contributed by atoms with Crippen LogP contribution in [0.5, 0.6) is 5.75 Å². The molecule has 0 amide bonds. The molecule has 2 aromatic rings. The monoisotopic (exact) mass is 255 g/mol. The molecule has 0 saturated carbocycles. The largest absolute Gasteiger partial charge is 0.487 e. The molecule has 1 aromatic heterocycles. The van der Waals surface area contributed by atoms with E-state index in [0.717, 1.165) is 11.6 Å². The Bertz CT molecular complexity index is 579. The number of benzene rings is 1. The number of nitrogens with zero attached hydrogens (tertiary/aromatic N) is 1. The SMILES string of the molecule is O=C(O)/C=C/c1ncccc1OCc1ccccc1. The third-order valence-corrected chi connectivity index (χ3v) is 2.42. The molecule has 2 rings (SSSR count). The Labute approximate surface area is 111 Å². The van der Waals surface area contributed by atoms with Crippen LogP contribution in [0.25, 0.3) is 6.08 Å². The highest BCUT2D eigenvalue weighted by molar-refractivity contribution is 5.85. The molecular formula is C15H13NO3. The van der Waals surface area contributed by atoms with Crippen LogP contribution in [0.15, 0.2) is 54.7 Å². The number of hydrogen-bond acceptors (Lipinski definition) is 3. The second-order valence-corrected chi connectivity index (χ2v) is 3.83. The van der Waals surface area contributed by atoms with Gasteiger partial charge in [0.25, 0.3) is 0 Å². The molecule has 1 aromatic carbocycles. The van der Waals surface area contributed by atoms with Crippen LogP contribution in [0, 0.1) is 0 Å². The van der Waals surface area contributed by atoms with Gasteiger partial charge in [-0.1, -0.05) is 30.3 Å². The Morgan fingerprint density at radius 1 is 1.21 bits per heavy atom. The third-order valence-electron chi connectivity index (χ3n) is 2.42. The van der Waals surface area contributed by atoms with E-state index in [4.69, 9.17) is 9.84 Å². The maximum atomic E-state index is 10.5. The topological polar surface area (TPSA) is 59.4 Å². The number of carboxylic acids is 1. The van der Waals surface area contributed by atoms with Gasteiger partial charge in [-0.2, -0.15) is 0 Å². The molecule has 0 spiro atoms. The van der Waals surface area contributed by atoms with Crippen LogP contribution in [0.3, 0.4) is 0 Å². The Kier molecular flexibility index (Phi) is 4.29. The minimum Gasteiger partial charge on any atom is -0.487 e. The second-order valence-electron chi connectivity index (χ2n) is 3.83. The van der Waals surface area contributed by atoms with Crippen molar-refractivity contribution in [3.8, 4) is 5.75 Å². The molecule has 0 aliphatic heterocycles. The Hall–Kier alpha value is -2.62. The van der Waals surface area contributed by atoms with Crippen molar-refractivity contribution in [3.63, 3.8) is 0 Å². The summed E-state index contributed by atoms with van der Waals surface area (Å²) in [5, 5.41) is 8.62. The summed E-state index contributed by atoms with van der Waals surface area (Å²) in [7, 11) is 0. The van der Waals surface area contributed by atoms with Crippen LogP contribution in [-0.4, -0.2) is 16.1 Å². The van der Waals surface area contributed by atoms with Crippen LogP contribution in [-0.2, 0) is 11.4 Å². The number of carbonyl (C=O) groups is 1. The van der Waals surface area contributed by atoms with E-state index in [1.165, 1.54) is 6.08 Å². The van der Waals surface area contributed by atoms with Gasteiger partial charge in [0, 0.05) is 12.3 Å². The van der Waals surface area contributed by atoms with Gasteiger partial charge in [-0.3, -0.25) is 4.98 Å². The van der Waals surface area contributed by atoms with E-state index in [1.54, 1.807) is 18.3 Å². The molecule has 19 heavy (non-hydrogen) atoms. The van der Waals surface area contributed by atoms with Crippen molar-refractivity contribution in [1.29, 1.82) is 0 Å². The summed E-state index contributed by atoms with van der Waals surface area (Å²) in [6.45, 7) is 0.417. The molecule has 4 heteroatoms. The van der Waals surface area contributed by atoms with Crippen molar-refractivity contribution >= 4 is 12.0 Å². The van der Waals surface area contributed by atoms with Crippen LogP contribution < -0.4 is 4.74 Å². The molecule has 1 heterocycles. The minimum atomic E-state index is -1.01. The number of hydrogen-bond donors (Lipinski definition) is 1. The Morgan fingerprint density at radius 3 is 2.74 bits per heavy atom. The highest BCUT2D eigenvalue weighted by atomic mass is 16.5. The number of carboxylic acid groups (broad SMARTS) is 1. The zero-order valence-corrected chi connectivity index (χ0v) is 10.2. The highest BCUT2D eigenvalue weighted by Gasteiger charge is 2.02. The van der Waals surface area contributed by atoms with Crippen LogP contribution in [0.2, 0.25) is 0 Å². The summed E-state index contributed by atoms with van der Waals surface area (Å²) < 4.78 is 5.65. The molecule has 0 saturated heterocycles. The molecular weight excluding hydrogens is 242 g/mol. The molecule has 96 valence electrons. The fourth-order valence-electron chi connectivity index (χ4n) is 1.54. The van der Waals surface area contributed by atoms with Crippen molar-refractivity contribution in [1.82, 2.24) is 4.98 Å². The first kappa shape index (κ1) is 12.8. The van der Waals surface area contributed by atoms with Gasteiger partial charge in [0.05, 0.1) is 0 Å². The standard InChI is InChI=1S/C15H13NO3/c17-15(18)9-8-13-14(7-4-10-16-13)19-11-12-5-2-1-3-6-12/h1-10H,11H2,(H,17,18)/b9-8+. The van der Waals surface area contributed by atoms with Crippen LogP contribution >= 0.6 is 0 Å². The lowest BCUT2D eigenvalue weighted by Gasteiger charge is -2.08. The van der Waals surface area contributed by atoms with E-state index in [2.05, 4.69) is 4.98 Å². The van der Waals surface area contributed by atoms with E-state index in [1.807, 2.05) is 30.3 Å². The summed E-state index contributed by atoms with van der Waals surface area (Å²) in [5.41, 5.74) is 1.54. The van der Waals surface area contributed by atoms with Crippen molar-refractivity contribution < 1.29 is 14.6 Å². The van der Waals surface area contributed by atoms with E-state index >= 15 is 0 Å². The molecule has 0 unspecified atom stereocenters. The summed E-state index contributed by atoms with van der Waals surface area (Å²) in [5.74, 6) is -0.455. The maximum absolute atomic E-state index is 10.5. The quantitative estimate of drug-likeness (QED) is 0.834. The Balaban J connectivity index is 2.10. The molecule has 0 bridgehead atoms. The number of pyridine rings is 1. The van der Waals surface area contributed by atoms with Gasteiger partial charge in [-0.15, -0.1) is 0 Å². The van der Waals surface area contributed by atoms with Gasteiger partial charge in [0.1, 0.15) is 18.1 Å². The number of rotatable bonds is 5. The van der Waals surface area contributed by atoms with Gasteiger partial charge < -0.3 is 9.84 Å². The lowest BCUT2D eigenvalue weighted by atomic mass is 10.2. The average Bonchev–Trinajstić information content (AvgIpc) is 2.45. The number of ether oxygens (including phenoxy) is 1. The zero-order valence-electron chi connectivity index (χ0n) is 10.2. The van der Waals surface area contributed by atoms with Crippen molar-refractivity contribution in [2.45, 2.75) is 6.61 Å². The maximum Gasteiger partial charge on any atom is 0.328 e. The normalized spacial score (nSPS) is 10.5. The fourth-order valence-corrected chi connectivity index (χ4v) is 1.54. The zero-order chi connectivity index (χ0) is 13.5. The van der Waals surface area contributed by atoms with E-state index in [9.17, 15) is 4.79 Å². The first-order valence-electron chi connectivity index (χ1n) is 5.78. The van der Waals surface area contributed by atoms with Crippen molar-refractivity contribution in [2.75, 3.05) is 0 Å². The molecule has 0 aliphatic rings. The minimum absolute atomic E-state index is 0.417. The van der Waals surface area contributed by atoms with Crippen molar-refractivity contribution in [3.05, 3.63) is 66.0 Å². The van der Waals surface area contributed by atoms with Gasteiger partial charge in [-0.25, -0.2) is 4.79 Å². The molecule has 0 atom stereocenters. The molecule has 0 radical (unpaired) electrons. The molecule has 1 N–H and O–H groups in total. The lowest BCUT2D eigenvalue weighted by Crippen LogP contribution is -1.98. The molecule has 4 nitrogen and oxygen atoms in total.